The van der Waals surface area contributed by atoms with E-state index >= 15 is 0 Å². The molecule has 0 heterocycles. The van der Waals surface area contributed by atoms with E-state index in [1.165, 1.54) is 16.5 Å². The lowest BCUT2D eigenvalue weighted by atomic mass is 10.1. The first-order chi connectivity index (χ1) is 14.3. The molecule has 9 heteroatoms. The Morgan fingerprint density at radius 1 is 1.13 bits per heavy atom. The van der Waals surface area contributed by atoms with Crippen LogP contribution in [0.25, 0.3) is 0 Å². The number of carbonyl (C=O) groups excluding carboxylic acids is 1. The molecule has 31 heavy (non-hydrogen) atoms. The van der Waals surface area contributed by atoms with Crippen LogP contribution in [0.1, 0.15) is 16.7 Å². The lowest BCUT2D eigenvalue weighted by molar-refractivity contribution is -0.127. The van der Waals surface area contributed by atoms with Crippen LogP contribution in [0.15, 0.2) is 53.5 Å². The van der Waals surface area contributed by atoms with Crippen LogP contribution in [-0.4, -0.2) is 50.6 Å². The zero-order chi connectivity index (χ0) is 21.9. The average Bonchev–Trinajstić information content (AvgIpc) is 2.71. The molecule has 0 aliphatic carbocycles. The van der Waals surface area contributed by atoms with Crippen LogP contribution in [0.3, 0.4) is 0 Å². The van der Waals surface area contributed by atoms with Gasteiger partial charge in [0.05, 0.1) is 13.1 Å². The SMILES string of the molecule is Cc1ccc(OC(F)F)c(CN=C(NCCc2ccccc2)NCC(=O)N(C)C)c1.I. The van der Waals surface area contributed by atoms with Crippen LogP contribution in [0.5, 0.6) is 5.75 Å². The highest BCUT2D eigenvalue weighted by molar-refractivity contribution is 14.0. The molecule has 0 spiro atoms. The van der Waals surface area contributed by atoms with Crippen LogP contribution >= 0.6 is 24.0 Å². The van der Waals surface area contributed by atoms with Gasteiger partial charge in [-0.15, -0.1) is 24.0 Å². The first-order valence-corrected chi connectivity index (χ1v) is 9.65. The highest BCUT2D eigenvalue weighted by Gasteiger charge is 2.11. The van der Waals surface area contributed by atoms with Crippen molar-refractivity contribution >= 4 is 35.8 Å². The third-order valence-corrected chi connectivity index (χ3v) is 4.29. The minimum absolute atomic E-state index is 0. The van der Waals surface area contributed by atoms with Gasteiger partial charge in [-0.1, -0.05) is 48.0 Å². The molecule has 2 aromatic carbocycles. The fourth-order valence-electron chi connectivity index (χ4n) is 2.67. The maximum absolute atomic E-state index is 12.7. The molecule has 2 rings (SSSR count). The molecule has 0 atom stereocenters. The number of hydrogen-bond acceptors (Lipinski definition) is 3. The van der Waals surface area contributed by atoms with Gasteiger partial charge in [-0.25, -0.2) is 4.99 Å². The number of nitrogens with one attached hydrogen (secondary N) is 2. The quantitative estimate of drug-likeness (QED) is 0.287. The maximum atomic E-state index is 12.7. The van der Waals surface area contributed by atoms with Crippen LogP contribution in [0.2, 0.25) is 0 Å². The van der Waals surface area contributed by atoms with Gasteiger partial charge in [0, 0.05) is 26.2 Å². The van der Waals surface area contributed by atoms with Gasteiger partial charge in [0.25, 0.3) is 0 Å². The summed E-state index contributed by atoms with van der Waals surface area (Å²) in [6.45, 7) is -0.249. The smallest absolute Gasteiger partial charge is 0.387 e. The summed E-state index contributed by atoms with van der Waals surface area (Å²) in [5, 5.41) is 6.18. The molecule has 6 nitrogen and oxygen atoms in total. The number of rotatable bonds is 9. The van der Waals surface area contributed by atoms with Crippen LogP contribution in [-0.2, 0) is 17.8 Å². The molecule has 0 unspecified atom stereocenters. The average molecular weight is 546 g/mol. The Bertz CT molecular complexity index is 849. The summed E-state index contributed by atoms with van der Waals surface area (Å²) < 4.78 is 30.0. The number of aryl methyl sites for hydroxylation is 1. The second-order valence-electron chi connectivity index (χ2n) is 6.96. The van der Waals surface area contributed by atoms with E-state index in [0.29, 0.717) is 18.1 Å². The van der Waals surface area contributed by atoms with Crippen LogP contribution < -0.4 is 15.4 Å². The molecule has 0 radical (unpaired) electrons. The molecule has 0 aliphatic heterocycles. The molecule has 170 valence electrons. The number of likely N-dealkylation sites (N-methyl/N-ethyl adjacent to an activating group) is 1. The molecule has 1 amide bonds. The summed E-state index contributed by atoms with van der Waals surface area (Å²) in [4.78, 5) is 17.9. The van der Waals surface area contributed by atoms with Gasteiger partial charge in [0.1, 0.15) is 5.75 Å². The summed E-state index contributed by atoms with van der Waals surface area (Å²) in [7, 11) is 3.34. The Balaban J connectivity index is 0.00000480. The molecule has 0 aromatic heterocycles. The second-order valence-corrected chi connectivity index (χ2v) is 6.96. The monoisotopic (exact) mass is 546 g/mol. The van der Waals surface area contributed by atoms with Gasteiger partial charge in [-0.2, -0.15) is 8.78 Å². The Labute approximate surface area is 199 Å². The number of amides is 1. The van der Waals surface area contributed by atoms with E-state index in [1.54, 1.807) is 26.2 Å². The Morgan fingerprint density at radius 3 is 2.48 bits per heavy atom. The van der Waals surface area contributed by atoms with Crippen LogP contribution in [0.4, 0.5) is 8.78 Å². The number of nitrogens with zero attached hydrogens (tertiary/aromatic N) is 2. The van der Waals surface area contributed by atoms with E-state index in [2.05, 4.69) is 20.4 Å². The Hall–Kier alpha value is -2.43. The van der Waals surface area contributed by atoms with Crippen molar-refractivity contribution in [2.45, 2.75) is 26.5 Å². The van der Waals surface area contributed by atoms with Crippen molar-refractivity contribution in [1.29, 1.82) is 0 Å². The number of benzene rings is 2. The molecule has 0 saturated heterocycles. The lowest BCUT2D eigenvalue weighted by Gasteiger charge is -2.16. The molecular weight excluding hydrogens is 517 g/mol. The van der Waals surface area contributed by atoms with E-state index < -0.39 is 6.61 Å². The van der Waals surface area contributed by atoms with Gasteiger partial charge < -0.3 is 20.3 Å². The van der Waals surface area contributed by atoms with E-state index in [4.69, 9.17) is 0 Å². The standard InChI is InChI=1S/C22H28F2N4O2.HI/c1-16-9-10-19(30-21(23)24)18(13-16)14-26-22(27-15-20(29)28(2)3)25-12-11-17-7-5-4-6-8-17;/h4-10,13,21H,11-12,14-15H2,1-3H3,(H2,25,26,27);1H. The lowest BCUT2D eigenvalue weighted by Crippen LogP contribution is -2.43. The first kappa shape index (κ1) is 26.6. The number of halogens is 3. The summed E-state index contributed by atoms with van der Waals surface area (Å²) in [6.07, 6.45) is 0.771. The summed E-state index contributed by atoms with van der Waals surface area (Å²) in [5.41, 5.74) is 2.62. The largest absolute Gasteiger partial charge is 0.434 e. The van der Waals surface area contributed by atoms with E-state index in [1.807, 2.05) is 37.3 Å². The summed E-state index contributed by atoms with van der Waals surface area (Å²) >= 11 is 0. The number of carbonyl (C=O) groups is 1. The van der Waals surface area contributed by atoms with E-state index in [9.17, 15) is 13.6 Å². The van der Waals surface area contributed by atoms with Crippen molar-refractivity contribution in [3.8, 4) is 5.75 Å². The normalized spacial score (nSPS) is 11.0. The van der Waals surface area contributed by atoms with Gasteiger partial charge in [-0.3, -0.25) is 4.79 Å². The first-order valence-electron chi connectivity index (χ1n) is 9.65. The fourth-order valence-corrected chi connectivity index (χ4v) is 2.67. The highest BCUT2D eigenvalue weighted by atomic mass is 127. The van der Waals surface area contributed by atoms with Crippen molar-refractivity contribution in [2.75, 3.05) is 27.2 Å². The van der Waals surface area contributed by atoms with Gasteiger partial charge in [0.2, 0.25) is 5.91 Å². The predicted octanol–water partition coefficient (Wildman–Crippen LogP) is 3.58. The molecule has 0 bridgehead atoms. The molecule has 2 aromatic rings. The van der Waals surface area contributed by atoms with Gasteiger partial charge in [-0.05, 0) is 25.0 Å². The number of aliphatic imine (C=N–C) groups is 1. The molecule has 0 saturated carbocycles. The molecule has 0 aliphatic rings. The van der Waals surface area contributed by atoms with Crippen molar-refractivity contribution in [3.63, 3.8) is 0 Å². The topological polar surface area (TPSA) is 66.0 Å². The van der Waals surface area contributed by atoms with Gasteiger partial charge in [0.15, 0.2) is 5.96 Å². The van der Waals surface area contributed by atoms with Crippen LogP contribution in [0, 0.1) is 6.92 Å². The molecule has 2 N–H and O–H groups in total. The van der Waals surface area contributed by atoms with Crippen molar-refractivity contribution < 1.29 is 18.3 Å². The van der Waals surface area contributed by atoms with E-state index in [-0.39, 0.29) is 48.7 Å². The zero-order valence-corrected chi connectivity index (χ0v) is 20.2. The van der Waals surface area contributed by atoms with Crippen molar-refractivity contribution in [3.05, 3.63) is 65.2 Å². The second kappa shape index (κ2) is 13.8. The predicted molar refractivity (Wildman–Crippen MR) is 129 cm³/mol. The molecular formula is C22H29F2IN4O2. The molecule has 0 fully saturated rings. The third-order valence-electron chi connectivity index (χ3n) is 4.29. The number of hydrogen-bond donors (Lipinski definition) is 2. The van der Waals surface area contributed by atoms with Crippen molar-refractivity contribution in [1.82, 2.24) is 15.5 Å². The van der Waals surface area contributed by atoms with Crippen molar-refractivity contribution in [2.24, 2.45) is 4.99 Å². The van der Waals surface area contributed by atoms with E-state index in [0.717, 1.165) is 12.0 Å². The summed E-state index contributed by atoms with van der Waals surface area (Å²) in [6, 6.07) is 14.9. The highest BCUT2D eigenvalue weighted by Crippen LogP contribution is 2.22. The number of alkyl halides is 2. The summed E-state index contributed by atoms with van der Waals surface area (Å²) in [5.74, 6) is 0.405. The maximum Gasteiger partial charge on any atom is 0.387 e. The zero-order valence-electron chi connectivity index (χ0n) is 17.9. The third kappa shape index (κ3) is 9.95. The number of ether oxygens (including phenoxy) is 1. The fraction of sp³-hybridized carbons (Fsp3) is 0.364. The Kier molecular flexibility index (Phi) is 11.8. The number of guanidine groups is 1. The minimum atomic E-state index is -2.91. The minimum Gasteiger partial charge on any atom is -0.434 e. The van der Waals surface area contributed by atoms with Gasteiger partial charge >= 0.3 is 6.61 Å². The Morgan fingerprint density at radius 2 is 1.84 bits per heavy atom.